The summed E-state index contributed by atoms with van der Waals surface area (Å²) in [6.45, 7) is 0.714. The first-order valence-electron chi connectivity index (χ1n) is 9.04. The predicted molar refractivity (Wildman–Crippen MR) is 110 cm³/mol. The van der Waals surface area contributed by atoms with E-state index in [1.807, 2.05) is 24.8 Å². The number of hydrogen-bond acceptors (Lipinski definition) is 2. The van der Waals surface area contributed by atoms with Crippen molar-refractivity contribution in [2.24, 2.45) is 0 Å². The van der Waals surface area contributed by atoms with Crippen molar-refractivity contribution < 1.29 is 0 Å². The van der Waals surface area contributed by atoms with E-state index in [-0.39, 0.29) is 0 Å². The van der Waals surface area contributed by atoms with Crippen molar-refractivity contribution in [3.8, 4) is 0 Å². The Balaban J connectivity index is 1.70. The first-order valence-corrected chi connectivity index (χ1v) is 9.04. The zero-order valence-electron chi connectivity index (χ0n) is 14.6. The largest absolute Gasteiger partial charge is 0.320 e. The summed E-state index contributed by atoms with van der Waals surface area (Å²) in [5, 5.41) is 4.99. The third-order valence-electron chi connectivity index (χ3n) is 5.43. The Labute approximate surface area is 155 Å². The van der Waals surface area contributed by atoms with Gasteiger partial charge in [0.05, 0.1) is 34.5 Å². The topological polar surface area (TPSA) is 35.6 Å². The van der Waals surface area contributed by atoms with Gasteiger partial charge in [0.1, 0.15) is 6.67 Å². The predicted octanol–water partition coefficient (Wildman–Crippen LogP) is 5.20. The van der Waals surface area contributed by atoms with Gasteiger partial charge in [-0.3, -0.25) is 9.97 Å². The molecule has 4 aromatic heterocycles. The van der Waals surface area contributed by atoms with E-state index in [2.05, 4.69) is 79.8 Å². The van der Waals surface area contributed by atoms with Gasteiger partial charge in [-0.05, 0) is 24.3 Å². The molecule has 128 valence electrons. The molecule has 4 heterocycles. The van der Waals surface area contributed by atoms with Gasteiger partial charge in [0.15, 0.2) is 0 Å². The lowest BCUT2D eigenvalue weighted by Crippen LogP contribution is -2.07. The van der Waals surface area contributed by atoms with Crippen molar-refractivity contribution >= 4 is 43.6 Å². The first kappa shape index (κ1) is 14.5. The molecule has 0 fully saturated rings. The fourth-order valence-electron chi connectivity index (χ4n) is 4.24. The Morgan fingerprint density at radius 1 is 0.519 bits per heavy atom. The molecule has 6 rings (SSSR count). The average Bonchev–Trinajstić information content (AvgIpc) is 3.23. The molecule has 0 aliphatic carbocycles. The zero-order chi connectivity index (χ0) is 17.8. The molecule has 0 radical (unpaired) electrons. The van der Waals surface area contributed by atoms with Crippen LogP contribution in [0.3, 0.4) is 0 Å². The molecule has 2 aromatic carbocycles. The highest BCUT2D eigenvalue weighted by molar-refractivity contribution is 6.09. The van der Waals surface area contributed by atoms with Crippen LogP contribution in [0.5, 0.6) is 0 Å². The zero-order valence-corrected chi connectivity index (χ0v) is 14.6. The molecule has 0 spiro atoms. The lowest BCUT2D eigenvalue weighted by Gasteiger charge is -2.11. The second-order valence-electron chi connectivity index (χ2n) is 6.82. The SMILES string of the molecule is c1ccc2c(c1)c1ccncc1n2Cn1c2ccccc2c2ccncc21. The Bertz CT molecular complexity index is 1240. The minimum absolute atomic E-state index is 0.714. The van der Waals surface area contributed by atoms with Crippen molar-refractivity contribution in [1.29, 1.82) is 0 Å². The molecule has 0 saturated carbocycles. The standard InChI is InChI=1S/C23H16N4/c1-3-7-20-16(5-1)18-9-11-24-13-22(18)26(20)15-27-21-8-4-2-6-17(21)19-10-12-25-14-23(19)27/h1-14H,15H2. The van der Waals surface area contributed by atoms with E-state index >= 15 is 0 Å². The number of nitrogens with zero attached hydrogens (tertiary/aromatic N) is 4. The summed E-state index contributed by atoms with van der Waals surface area (Å²) in [5.41, 5.74) is 4.73. The van der Waals surface area contributed by atoms with Crippen LogP contribution in [-0.4, -0.2) is 19.1 Å². The summed E-state index contributed by atoms with van der Waals surface area (Å²) in [6.07, 6.45) is 7.65. The van der Waals surface area contributed by atoms with E-state index < -0.39 is 0 Å². The summed E-state index contributed by atoms with van der Waals surface area (Å²) < 4.78 is 4.69. The minimum Gasteiger partial charge on any atom is -0.320 e. The molecule has 0 atom stereocenters. The molecule has 0 saturated heterocycles. The second-order valence-corrected chi connectivity index (χ2v) is 6.82. The van der Waals surface area contributed by atoms with Gasteiger partial charge in [0.25, 0.3) is 0 Å². The van der Waals surface area contributed by atoms with Crippen molar-refractivity contribution in [2.75, 3.05) is 0 Å². The number of hydrogen-bond donors (Lipinski definition) is 0. The van der Waals surface area contributed by atoms with Crippen LogP contribution in [0.25, 0.3) is 43.6 Å². The van der Waals surface area contributed by atoms with Gasteiger partial charge in [-0.25, -0.2) is 0 Å². The molecule has 0 N–H and O–H groups in total. The van der Waals surface area contributed by atoms with E-state index in [1.165, 1.54) is 32.6 Å². The van der Waals surface area contributed by atoms with Gasteiger partial charge in [-0.1, -0.05) is 36.4 Å². The maximum absolute atomic E-state index is 4.38. The molecule has 4 heteroatoms. The maximum Gasteiger partial charge on any atom is 0.100 e. The van der Waals surface area contributed by atoms with E-state index in [0.29, 0.717) is 6.67 Å². The van der Waals surface area contributed by atoms with E-state index in [0.717, 1.165) is 11.0 Å². The molecule has 0 unspecified atom stereocenters. The van der Waals surface area contributed by atoms with Crippen LogP contribution in [0.15, 0.2) is 85.5 Å². The molecular formula is C23H16N4. The number of pyridine rings is 2. The monoisotopic (exact) mass is 348 g/mol. The van der Waals surface area contributed by atoms with E-state index in [4.69, 9.17) is 0 Å². The second kappa shape index (κ2) is 5.42. The molecule has 0 bridgehead atoms. The Morgan fingerprint density at radius 3 is 1.48 bits per heavy atom. The number of para-hydroxylation sites is 2. The van der Waals surface area contributed by atoms with Crippen molar-refractivity contribution in [3.63, 3.8) is 0 Å². The van der Waals surface area contributed by atoms with Gasteiger partial charge in [-0.2, -0.15) is 0 Å². The minimum atomic E-state index is 0.714. The number of fused-ring (bicyclic) bond motifs is 6. The third-order valence-corrected chi connectivity index (χ3v) is 5.43. The Morgan fingerprint density at radius 2 is 0.963 bits per heavy atom. The number of aromatic nitrogens is 4. The summed E-state index contributed by atoms with van der Waals surface area (Å²) in [5.74, 6) is 0. The summed E-state index contributed by atoms with van der Waals surface area (Å²) in [7, 11) is 0. The average molecular weight is 348 g/mol. The Hall–Kier alpha value is -3.66. The smallest absolute Gasteiger partial charge is 0.100 e. The quantitative estimate of drug-likeness (QED) is 0.431. The molecular weight excluding hydrogens is 332 g/mol. The van der Waals surface area contributed by atoms with Crippen molar-refractivity contribution in [1.82, 2.24) is 19.1 Å². The van der Waals surface area contributed by atoms with Crippen LogP contribution < -0.4 is 0 Å². The summed E-state index contributed by atoms with van der Waals surface area (Å²) in [4.78, 5) is 8.76. The molecule has 6 aromatic rings. The third kappa shape index (κ3) is 1.98. The molecule has 0 aliphatic rings. The summed E-state index contributed by atoms with van der Waals surface area (Å²) >= 11 is 0. The van der Waals surface area contributed by atoms with E-state index in [9.17, 15) is 0 Å². The number of rotatable bonds is 2. The van der Waals surface area contributed by atoms with Crippen LogP contribution >= 0.6 is 0 Å². The normalized spacial score (nSPS) is 11.9. The lowest BCUT2D eigenvalue weighted by atomic mass is 10.2. The Kier molecular flexibility index (Phi) is 2.91. The highest BCUT2D eigenvalue weighted by Crippen LogP contribution is 2.32. The van der Waals surface area contributed by atoms with Crippen LogP contribution in [0.4, 0.5) is 0 Å². The molecule has 27 heavy (non-hydrogen) atoms. The van der Waals surface area contributed by atoms with Gasteiger partial charge in [0, 0.05) is 33.9 Å². The van der Waals surface area contributed by atoms with Crippen LogP contribution in [0.2, 0.25) is 0 Å². The van der Waals surface area contributed by atoms with E-state index in [1.54, 1.807) is 0 Å². The van der Waals surface area contributed by atoms with Gasteiger partial charge >= 0.3 is 0 Å². The molecule has 0 aliphatic heterocycles. The van der Waals surface area contributed by atoms with Crippen LogP contribution in [0, 0.1) is 0 Å². The van der Waals surface area contributed by atoms with Crippen molar-refractivity contribution in [3.05, 3.63) is 85.5 Å². The van der Waals surface area contributed by atoms with Crippen LogP contribution in [-0.2, 0) is 6.67 Å². The fourth-order valence-corrected chi connectivity index (χ4v) is 4.24. The first-order chi connectivity index (χ1) is 13.4. The number of benzene rings is 2. The maximum atomic E-state index is 4.38. The highest BCUT2D eigenvalue weighted by atomic mass is 15.2. The van der Waals surface area contributed by atoms with Gasteiger partial charge in [0.2, 0.25) is 0 Å². The lowest BCUT2D eigenvalue weighted by molar-refractivity contribution is 0.681. The van der Waals surface area contributed by atoms with Gasteiger partial charge in [-0.15, -0.1) is 0 Å². The van der Waals surface area contributed by atoms with Gasteiger partial charge < -0.3 is 9.13 Å². The summed E-state index contributed by atoms with van der Waals surface area (Å²) in [6, 6.07) is 21.3. The van der Waals surface area contributed by atoms with Crippen LogP contribution in [0.1, 0.15) is 0 Å². The van der Waals surface area contributed by atoms with Crippen molar-refractivity contribution in [2.45, 2.75) is 6.67 Å². The highest BCUT2D eigenvalue weighted by Gasteiger charge is 2.14. The molecule has 0 amide bonds. The fraction of sp³-hybridized carbons (Fsp3) is 0.0435. The molecule has 4 nitrogen and oxygen atoms in total.